The average Bonchev–Trinajstić information content (AvgIpc) is 3.30. The SMILES string of the molecule is CN(C)c1cccc(-c2cnc3[nH]c(=O)n(-c4ccc5[nH]ccc5c4)c3n2)c1. The van der Waals surface area contributed by atoms with Gasteiger partial charge in [0.15, 0.2) is 11.3 Å². The van der Waals surface area contributed by atoms with E-state index in [-0.39, 0.29) is 5.69 Å². The van der Waals surface area contributed by atoms with Gasteiger partial charge in [-0.3, -0.25) is 4.98 Å². The average molecular weight is 370 g/mol. The standard InChI is InChI=1S/C21H18N6O/c1-26(2)15-5-3-4-13(10-15)18-12-23-19-20(24-18)27(21(28)25-19)16-6-7-17-14(11-16)8-9-22-17/h3-12,22H,1-2H3,(H,23,25,28). The minimum atomic E-state index is -0.260. The monoisotopic (exact) mass is 370 g/mol. The van der Waals surface area contributed by atoms with Gasteiger partial charge in [-0.1, -0.05) is 12.1 Å². The molecule has 5 rings (SSSR count). The van der Waals surface area contributed by atoms with E-state index < -0.39 is 0 Å². The summed E-state index contributed by atoms with van der Waals surface area (Å²) in [6.07, 6.45) is 3.56. The molecule has 0 saturated heterocycles. The first-order valence-corrected chi connectivity index (χ1v) is 8.93. The lowest BCUT2D eigenvalue weighted by atomic mass is 10.1. The van der Waals surface area contributed by atoms with Gasteiger partial charge in [0.25, 0.3) is 0 Å². The summed E-state index contributed by atoms with van der Waals surface area (Å²) < 4.78 is 1.56. The fourth-order valence-corrected chi connectivity index (χ4v) is 3.38. The molecular formula is C21H18N6O. The lowest BCUT2D eigenvalue weighted by Crippen LogP contribution is -2.14. The van der Waals surface area contributed by atoms with Gasteiger partial charge in [-0.2, -0.15) is 0 Å². The van der Waals surface area contributed by atoms with E-state index in [1.807, 2.05) is 67.7 Å². The molecule has 0 saturated carbocycles. The van der Waals surface area contributed by atoms with Crippen LogP contribution in [0.25, 0.3) is 39.1 Å². The van der Waals surface area contributed by atoms with Gasteiger partial charge in [0.1, 0.15) is 0 Å². The molecule has 2 N–H and O–H groups in total. The van der Waals surface area contributed by atoms with Crippen LogP contribution in [0.2, 0.25) is 0 Å². The number of fused-ring (bicyclic) bond motifs is 2. The first-order chi connectivity index (χ1) is 13.6. The van der Waals surface area contributed by atoms with Gasteiger partial charge < -0.3 is 9.88 Å². The predicted octanol–water partition coefficient (Wildman–Crippen LogP) is 3.32. The third-order valence-electron chi connectivity index (χ3n) is 4.85. The maximum atomic E-state index is 12.6. The highest BCUT2D eigenvalue weighted by Crippen LogP contribution is 2.24. The zero-order chi connectivity index (χ0) is 19.3. The Labute approximate surface area is 160 Å². The predicted molar refractivity (Wildman–Crippen MR) is 111 cm³/mol. The Morgan fingerprint density at radius 2 is 1.96 bits per heavy atom. The molecule has 0 spiro atoms. The van der Waals surface area contributed by atoms with Crippen molar-refractivity contribution in [2.24, 2.45) is 0 Å². The van der Waals surface area contributed by atoms with Crippen LogP contribution in [-0.4, -0.2) is 38.6 Å². The van der Waals surface area contributed by atoms with Gasteiger partial charge in [0.2, 0.25) is 0 Å². The number of aromatic nitrogens is 5. The van der Waals surface area contributed by atoms with E-state index in [4.69, 9.17) is 4.98 Å². The molecule has 7 heteroatoms. The van der Waals surface area contributed by atoms with Crippen LogP contribution in [0, 0.1) is 0 Å². The van der Waals surface area contributed by atoms with Crippen molar-refractivity contribution in [1.82, 2.24) is 24.5 Å². The van der Waals surface area contributed by atoms with Crippen LogP contribution in [0.4, 0.5) is 5.69 Å². The number of nitrogens with one attached hydrogen (secondary N) is 2. The zero-order valence-electron chi connectivity index (χ0n) is 15.5. The molecule has 0 atom stereocenters. The van der Waals surface area contributed by atoms with E-state index in [1.54, 1.807) is 10.8 Å². The van der Waals surface area contributed by atoms with Crippen molar-refractivity contribution in [3.8, 4) is 16.9 Å². The Hall–Kier alpha value is -3.87. The summed E-state index contributed by atoms with van der Waals surface area (Å²) in [4.78, 5) is 29.8. The Kier molecular flexibility index (Phi) is 3.55. The van der Waals surface area contributed by atoms with Crippen LogP contribution in [0.5, 0.6) is 0 Å². The molecule has 0 aliphatic rings. The molecule has 5 aromatic rings. The summed E-state index contributed by atoms with van der Waals surface area (Å²) in [7, 11) is 3.99. The Balaban J connectivity index is 1.70. The fourth-order valence-electron chi connectivity index (χ4n) is 3.38. The smallest absolute Gasteiger partial charge is 0.333 e. The molecule has 0 unspecified atom stereocenters. The molecule has 7 nitrogen and oxygen atoms in total. The van der Waals surface area contributed by atoms with Crippen LogP contribution in [-0.2, 0) is 0 Å². The first kappa shape index (κ1) is 16.3. The second-order valence-electron chi connectivity index (χ2n) is 6.89. The van der Waals surface area contributed by atoms with Crippen LogP contribution >= 0.6 is 0 Å². The van der Waals surface area contributed by atoms with E-state index in [2.05, 4.69) is 21.0 Å². The quantitative estimate of drug-likeness (QED) is 0.510. The number of imidazole rings is 1. The summed E-state index contributed by atoms with van der Waals surface area (Å²) >= 11 is 0. The van der Waals surface area contributed by atoms with Crippen molar-refractivity contribution < 1.29 is 0 Å². The molecule has 0 aliphatic carbocycles. The third kappa shape index (κ3) is 2.56. The largest absolute Gasteiger partial charge is 0.378 e. The van der Waals surface area contributed by atoms with Crippen molar-refractivity contribution >= 4 is 27.9 Å². The van der Waals surface area contributed by atoms with Crippen molar-refractivity contribution in [2.45, 2.75) is 0 Å². The number of benzene rings is 2. The highest BCUT2D eigenvalue weighted by Gasteiger charge is 2.14. The van der Waals surface area contributed by atoms with Crippen molar-refractivity contribution in [2.75, 3.05) is 19.0 Å². The minimum absolute atomic E-state index is 0.260. The summed E-state index contributed by atoms with van der Waals surface area (Å²) in [5, 5.41) is 1.03. The van der Waals surface area contributed by atoms with Crippen molar-refractivity contribution in [1.29, 1.82) is 0 Å². The molecule has 0 radical (unpaired) electrons. The van der Waals surface area contributed by atoms with Crippen molar-refractivity contribution in [3.63, 3.8) is 0 Å². The van der Waals surface area contributed by atoms with Crippen LogP contribution in [0.1, 0.15) is 0 Å². The highest BCUT2D eigenvalue weighted by molar-refractivity contribution is 5.82. The van der Waals surface area contributed by atoms with E-state index in [9.17, 15) is 4.79 Å². The summed E-state index contributed by atoms with van der Waals surface area (Å²) in [6, 6.07) is 15.8. The van der Waals surface area contributed by atoms with E-state index in [1.165, 1.54) is 0 Å². The van der Waals surface area contributed by atoms with Gasteiger partial charge in [-0.15, -0.1) is 0 Å². The highest BCUT2D eigenvalue weighted by atomic mass is 16.1. The van der Waals surface area contributed by atoms with Crippen LogP contribution < -0.4 is 10.6 Å². The zero-order valence-corrected chi connectivity index (χ0v) is 15.5. The molecule has 3 heterocycles. The summed E-state index contributed by atoms with van der Waals surface area (Å²) in [5.41, 5.74) is 5.21. The van der Waals surface area contributed by atoms with Gasteiger partial charge in [-0.05, 0) is 36.4 Å². The van der Waals surface area contributed by atoms with Crippen LogP contribution in [0.3, 0.4) is 0 Å². The van der Waals surface area contributed by atoms with E-state index >= 15 is 0 Å². The number of hydrogen-bond acceptors (Lipinski definition) is 4. The van der Waals surface area contributed by atoms with E-state index in [0.29, 0.717) is 17.0 Å². The number of nitrogens with zero attached hydrogens (tertiary/aromatic N) is 4. The molecule has 0 aliphatic heterocycles. The minimum Gasteiger partial charge on any atom is -0.378 e. The number of aromatic amines is 2. The number of H-pyrrole nitrogens is 2. The maximum Gasteiger partial charge on any atom is 0.333 e. The van der Waals surface area contributed by atoms with Gasteiger partial charge >= 0.3 is 5.69 Å². The molecular weight excluding hydrogens is 352 g/mol. The molecule has 0 fully saturated rings. The Morgan fingerprint density at radius 3 is 2.82 bits per heavy atom. The molecule has 2 aromatic carbocycles. The van der Waals surface area contributed by atoms with Gasteiger partial charge in [0, 0.05) is 42.4 Å². The maximum absolute atomic E-state index is 12.6. The van der Waals surface area contributed by atoms with E-state index in [0.717, 1.165) is 27.8 Å². The molecule has 138 valence electrons. The van der Waals surface area contributed by atoms with Gasteiger partial charge in [0.05, 0.1) is 17.6 Å². The fraction of sp³-hybridized carbons (Fsp3) is 0.0952. The molecule has 3 aromatic heterocycles. The first-order valence-electron chi connectivity index (χ1n) is 8.93. The molecule has 28 heavy (non-hydrogen) atoms. The number of anilines is 1. The lowest BCUT2D eigenvalue weighted by molar-refractivity contribution is 1.00. The number of rotatable bonds is 3. The second-order valence-corrected chi connectivity index (χ2v) is 6.89. The summed E-state index contributed by atoms with van der Waals surface area (Å²) in [5.74, 6) is 0. The van der Waals surface area contributed by atoms with Gasteiger partial charge in [-0.25, -0.2) is 19.3 Å². The Bertz CT molecular complexity index is 1370. The third-order valence-corrected chi connectivity index (χ3v) is 4.85. The molecule has 0 amide bonds. The normalized spacial score (nSPS) is 11.4. The van der Waals surface area contributed by atoms with Crippen LogP contribution in [0.15, 0.2) is 65.7 Å². The molecule has 0 bridgehead atoms. The topological polar surface area (TPSA) is 82.6 Å². The summed E-state index contributed by atoms with van der Waals surface area (Å²) in [6.45, 7) is 0. The lowest BCUT2D eigenvalue weighted by Gasteiger charge is -2.13. The number of hydrogen-bond donors (Lipinski definition) is 2. The Morgan fingerprint density at radius 1 is 1.07 bits per heavy atom. The van der Waals surface area contributed by atoms with Crippen molar-refractivity contribution in [3.05, 3.63) is 71.4 Å². The second kappa shape index (κ2) is 6.09.